The maximum absolute atomic E-state index is 13.0. The fourth-order valence-corrected chi connectivity index (χ4v) is 3.41. The lowest BCUT2D eigenvalue weighted by Gasteiger charge is -2.15. The minimum atomic E-state index is -0.214. The lowest BCUT2D eigenvalue weighted by atomic mass is 10.2. The monoisotopic (exact) mass is 365 g/mol. The molecule has 0 fully saturated rings. The van der Waals surface area contributed by atoms with E-state index in [1.807, 2.05) is 53.9 Å². The number of hydrogen-bond acceptors (Lipinski definition) is 4. The van der Waals surface area contributed by atoms with Crippen molar-refractivity contribution in [2.75, 3.05) is 4.90 Å². The number of carbonyl (C=O) groups is 1. The van der Waals surface area contributed by atoms with Gasteiger partial charge in [-0.1, -0.05) is 54.1 Å². The smallest absolute Gasteiger partial charge is 0.266 e. The van der Waals surface area contributed by atoms with Gasteiger partial charge in [-0.3, -0.25) is 4.79 Å². The highest BCUT2D eigenvalue weighted by Crippen LogP contribution is 2.31. The van der Waals surface area contributed by atoms with E-state index in [1.165, 1.54) is 16.2 Å². The van der Waals surface area contributed by atoms with Gasteiger partial charge in [-0.05, 0) is 23.8 Å². The van der Waals surface area contributed by atoms with E-state index < -0.39 is 0 Å². The molecule has 0 bridgehead atoms. The van der Waals surface area contributed by atoms with Crippen LogP contribution in [0.1, 0.15) is 11.1 Å². The second kappa shape index (κ2) is 6.63. The summed E-state index contributed by atoms with van der Waals surface area (Å²) in [6.07, 6.45) is 3.43. The van der Waals surface area contributed by atoms with Gasteiger partial charge in [0.1, 0.15) is 5.70 Å². The van der Waals surface area contributed by atoms with E-state index >= 15 is 0 Å². The predicted molar refractivity (Wildman–Crippen MR) is 102 cm³/mol. The third-order valence-electron chi connectivity index (χ3n) is 3.69. The van der Waals surface area contributed by atoms with Crippen LogP contribution in [0.2, 0.25) is 5.02 Å². The Hall–Kier alpha value is -2.76. The third kappa shape index (κ3) is 2.99. The number of benzene rings is 2. The first-order chi connectivity index (χ1) is 12.2. The summed E-state index contributed by atoms with van der Waals surface area (Å²) in [6.45, 7) is 0. The number of thiazole rings is 1. The fourth-order valence-electron chi connectivity index (χ4n) is 2.55. The van der Waals surface area contributed by atoms with Gasteiger partial charge in [-0.2, -0.15) is 0 Å². The second-order valence-corrected chi connectivity index (χ2v) is 6.59. The van der Waals surface area contributed by atoms with Gasteiger partial charge < -0.3 is 0 Å². The van der Waals surface area contributed by atoms with Crippen LogP contribution in [0, 0.1) is 0 Å². The maximum atomic E-state index is 13.0. The van der Waals surface area contributed by atoms with Crippen molar-refractivity contribution in [1.82, 2.24) is 4.98 Å². The van der Waals surface area contributed by atoms with Gasteiger partial charge in [0.15, 0.2) is 11.0 Å². The van der Waals surface area contributed by atoms with Gasteiger partial charge in [0.25, 0.3) is 5.91 Å². The van der Waals surface area contributed by atoms with Crippen molar-refractivity contribution in [3.63, 3.8) is 0 Å². The van der Waals surface area contributed by atoms with Crippen LogP contribution < -0.4 is 4.90 Å². The molecule has 3 aromatic rings. The van der Waals surface area contributed by atoms with Gasteiger partial charge in [0.05, 0.1) is 5.02 Å². The topological polar surface area (TPSA) is 45.6 Å². The highest BCUT2D eigenvalue weighted by molar-refractivity contribution is 7.14. The average molecular weight is 366 g/mol. The van der Waals surface area contributed by atoms with Crippen molar-refractivity contribution in [1.29, 1.82) is 0 Å². The third-order valence-corrected chi connectivity index (χ3v) is 4.77. The molecule has 0 saturated carbocycles. The molecule has 0 aliphatic carbocycles. The molecule has 6 heteroatoms. The quantitative estimate of drug-likeness (QED) is 0.635. The highest BCUT2D eigenvalue weighted by Gasteiger charge is 2.34. The van der Waals surface area contributed by atoms with Crippen molar-refractivity contribution < 1.29 is 4.79 Å². The predicted octanol–water partition coefficient (Wildman–Crippen LogP) is 4.63. The molecule has 0 spiro atoms. The number of aliphatic imine (C=N–C) groups is 1. The number of hydrogen-bond donors (Lipinski definition) is 0. The number of nitrogens with zero attached hydrogens (tertiary/aromatic N) is 3. The zero-order valence-electron chi connectivity index (χ0n) is 13.0. The minimum Gasteiger partial charge on any atom is -0.266 e. The van der Waals surface area contributed by atoms with E-state index in [4.69, 9.17) is 11.6 Å². The number of halogens is 1. The first kappa shape index (κ1) is 15.7. The Morgan fingerprint density at radius 2 is 1.80 bits per heavy atom. The molecule has 2 aromatic carbocycles. The molecule has 1 aliphatic rings. The summed E-state index contributed by atoms with van der Waals surface area (Å²) in [6, 6.07) is 17.0. The molecule has 0 radical (unpaired) electrons. The Morgan fingerprint density at radius 3 is 2.52 bits per heavy atom. The van der Waals surface area contributed by atoms with E-state index in [2.05, 4.69) is 9.98 Å². The molecule has 0 N–H and O–H groups in total. The van der Waals surface area contributed by atoms with Gasteiger partial charge >= 0.3 is 0 Å². The van der Waals surface area contributed by atoms with Crippen molar-refractivity contribution in [3.05, 3.63) is 88.0 Å². The van der Waals surface area contributed by atoms with E-state index in [-0.39, 0.29) is 5.91 Å². The molecule has 2 heterocycles. The van der Waals surface area contributed by atoms with Crippen molar-refractivity contribution in [3.8, 4) is 0 Å². The lowest BCUT2D eigenvalue weighted by molar-refractivity contribution is -0.113. The summed E-state index contributed by atoms with van der Waals surface area (Å²) in [5, 5.41) is 2.93. The average Bonchev–Trinajstić information content (AvgIpc) is 3.25. The number of amidine groups is 1. The minimum absolute atomic E-state index is 0.214. The zero-order chi connectivity index (χ0) is 17.2. The molecular weight excluding hydrogens is 354 g/mol. The Balaban J connectivity index is 1.85. The largest absolute Gasteiger partial charge is 0.284 e. The summed E-state index contributed by atoms with van der Waals surface area (Å²) in [4.78, 5) is 23.3. The Bertz CT molecular complexity index is 981. The van der Waals surface area contributed by atoms with Crippen LogP contribution >= 0.6 is 22.9 Å². The molecule has 0 atom stereocenters. The Kier molecular flexibility index (Phi) is 4.17. The molecule has 4 rings (SSSR count). The summed E-state index contributed by atoms with van der Waals surface area (Å²) in [7, 11) is 0. The van der Waals surface area contributed by atoms with Crippen LogP contribution in [0.3, 0.4) is 0 Å². The van der Waals surface area contributed by atoms with Crippen LogP contribution in [0.5, 0.6) is 0 Å². The maximum Gasteiger partial charge on any atom is 0.284 e. The number of rotatable bonds is 3. The summed E-state index contributed by atoms with van der Waals surface area (Å²) in [5.41, 5.74) is 1.97. The molecular formula is C19H12ClN3OS. The Morgan fingerprint density at radius 1 is 1.04 bits per heavy atom. The molecule has 1 aliphatic heterocycles. The first-order valence-corrected chi connectivity index (χ1v) is 8.84. The lowest BCUT2D eigenvalue weighted by Crippen LogP contribution is -2.32. The molecule has 1 amide bonds. The van der Waals surface area contributed by atoms with Gasteiger partial charge in [0, 0.05) is 17.1 Å². The normalized spacial score (nSPS) is 15.7. The van der Waals surface area contributed by atoms with Gasteiger partial charge in [-0.15, -0.1) is 11.3 Å². The highest BCUT2D eigenvalue weighted by atomic mass is 35.5. The zero-order valence-corrected chi connectivity index (χ0v) is 14.5. The molecule has 122 valence electrons. The van der Waals surface area contributed by atoms with E-state index in [0.717, 1.165) is 5.56 Å². The summed E-state index contributed by atoms with van der Waals surface area (Å²) < 4.78 is 0. The molecule has 25 heavy (non-hydrogen) atoms. The number of anilines is 1. The molecule has 0 saturated heterocycles. The summed E-state index contributed by atoms with van der Waals surface area (Å²) in [5.74, 6) is 0.279. The van der Waals surface area contributed by atoms with E-state index in [1.54, 1.807) is 18.3 Å². The molecule has 1 aromatic heterocycles. The van der Waals surface area contributed by atoms with Crippen molar-refractivity contribution >= 4 is 45.9 Å². The number of aromatic nitrogens is 1. The molecule has 0 unspecified atom stereocenters. The van der Waals surface area contributed by atoms with Crippen LogP contribution in [-0.2, 0) is 4.79 Å². The van der Waals surface area contributed by atoms with Crippen LogP contribution in [-0.4, -0.2) is 16.7 Å². The van der Waals surface area contributed by atoms with Gasteiger partial charge in [0.2, 0.25) is 0 Å². The van der Waals surface area contributed by atoms with E-state index in [9.17, 15) is 4.79 Å². The number of carbonyl (C=O) groups excluding carboxylic acids is 1. The van der Waals surface area contributed by atoms with Crippen molar-refractivity contribution in [2.45, 2.75) is 0 Å². The second-order valence-electron chi connectivity index (χ2n) is 5.31. The van der Waals surface area contributed by atoms with Crippen molar-refractivity contribution in [2.24, 2.45) is 4.99 Å². The molecule has 4 nitrogen and oxygen atoms in total. The van der Waals surface area contributed by atoms with Gasteiger partial charge in [-0.25, -0.2) is 14.9 Å². The van der Waals surface area contributed by atoms with E-state index in [0.29, 0.717) is 27.3 Å². The SMILES string of the molecule is O=C1/C(=C\c2ccccc2)N=C(c2ccccc2Cl)N1c1nccs1. The fraction of sp³-hybridized carbons (Fsp3) is 0. The summed E-state index contributed by atoms with van der Waals surface area (Å²) >= 11 is 7.71. The van der Waals surface area contributed by atoms with Crippen LogP contribution in [0.15, 0.2) is 76.9 Å². The standard InChI is InChI=1S/C19H12ClN3OS/c20-15-9-5-4-8-14(15)17-22-16(12-13-6-2-1-3-7-13)18(24)23(17)19-21-10-11-25-19/h1-12H/b16-12+. The first-order valence-electron chi connectivity index (χ1n) is 7.58. The Labute approximate surface area is 153 Å². The van der Waals surface area contributed by atoms with Crippen LogP contribution in [0.25, 0.3) is 6.08 Å². The number of amides is 1. The van der Waals surface area contributed by atoms with Crippen LogP contribution in [0.4, 0.5) is 5.13 Å².